The molecule has 28 heavy (non-hydrogen) atoms. The monoisotopic (exact) mass is 400 g/mol. The summed E-state index contributed by atoms with van der Waals surface area (Å²) in [6, 6.07) is 1.20. The van der Waals surface area contributed by atoms with Gasteiger partial charge in [-0.25, -0.2) is 9.69 Å². The number of carbonyl (C=O) groups excluding carboxylic acids is 1. The van der Waals surface area contributed by atoms with Gasteiger partial charge in [0.15, 0.2) is 0 Å². The lowest BCUT2D eigenvalue weighted by atomic mass is 10.2. The minimum absolute atomic E-state index is 0.0346. The molecule has 0 atom stereocenters. The number of pyridine rings is 1. The number of nitrogens with one attached hydrogen (secondary N) is 2. The fourth-order valence-electron chi connectivity index (χ4n) is 2.52. The second-order valence-electron chi connectivity index (χ2n) is 6.32. The molecule has 0 bridgehead atoms. The van der Waals surface area contributed by atoms with Crippen molar-refractivity contribution in [3.63, 3.8) is 0 Å². The van der Waals surface area contributed by atoms with Crippen molar-refractivity contribution >= 4 is 23.5 Å². The summed E-state index contributed by atoms with van der Waals surface area (Å²) in [5.74, 6) is 0.689. The molecule has 6 nitrogen and oxygen atoms in total. The number of aromatic nitrogens is 1. The first-order valence-corrected chi connectivity index (χ1v) is 9.44. The van der Waals surface area contributed by atoms with Crippen molar-refractivity contribution in [1.82, 2.24) is 15.2 Å². The average molecular weight is 401 g/mol. The summed E-state index contributed by atoms with van der Waals surface area (Å²) in [7, 11) is 0. The van der Waals surface area contributed by atoms with Crippen LogP contribution in [0.15, 0.2) is 66.9 Å². The lowest BCUT2D eigenvalue weighted by molar-refractivity contribution is 0.157. The van der Waals surface area contributed by atoms with Crippen LogP contribution in [0, 0.1) is 5.41 Å². The Hall–Kier alpha value is -2.86. The van der Waals surface area contributed by atoms with Crippen LogP contribution in [0.5, 0.6) is 0 Å². The zero-order valence-electron chi connectivity index (χ0n) is 16.1. The molecule has 1 aliphatic carbocycles. The summed E-state index contributed by atoms with van der Waals surface area (Å²) >= 11 is 6.20. The van der Waals surface area contributed by atoms with Crippen LogP contribution >= 0.6 is 11.6 Å². The number of allylic oxidation sites excluding steroid dienone is 4. The molecule has 0 aliphatic heterocycles. The van der Waals surface area contributed by atoms with Crippen LogP contribution in [0.25, 0.3) is 0 Å². The summed E-state index contributed by atoms with van der Waals surface area (Å²) < 4.78 is 5.73. The van der Waals surface area contributed by atoms with E-state index < -0.39 is 6.03 Å². The molecule has 1 aromatic heterocycles. The Morgan fingerprint density at radius 3 is 2.93 bits per heavy atom. The normalized spacial score (nSPS) is 13.3. The predicted molar refractivity (Wildman–Crippen MR) is 112 cm³/mol. The van der Waals surface area contributed by atoms with Crippen LogP contribution in [0.2, 0.25) is 5.02 Å². The van der Waals surface area contributed by atoms with Gasteiger partial charge in [-0.15, -0.1) is 6.58 Å². The second kappa shape index (κ2) is 10.5. The SMILES string of the molecule is C=CCCNC(=O)N(C(=N)c1ccncc1Cl)C1=CCC=C(OC(C)C)C=C1. The van der Waals surface area contributed by atoms with Crippen LogP contribution < -0.4 is 5.32 Å². The molecule has 2 amide bonds. The third-order valence-corrected chi connectivity index (χ3v) is 4.07. The summed E-state index contributed by atoms with van der Waals surface area (Å²) in [5.41, 5.74) is 0.980. The summed E-state index contributed by atoms with van der Waals surface area (Å²) in [6.07, 6.45) is 13.3. The number of hydrogen-bond acceptors (Lipinski definition) is 4. The zero-order chi connectivity index (χ0) is 20.5. The number of rotatable bonds is 7. The first-order chi connectivity index (χ1) is 13.4. The van der Waals surface area contributed by atoms with Crippen molar-refractivity contribution in [2.24, 2.45) is 0 Å². The maximum atomic E-state index is 12.9. The smallest absolute Gasteiger partial charge is 0.327 e. The molecule has 0 unspecified atom stereocenters. The number of hydrogen-bond donors (Lipinski definition) is 2. The van der Waals surface area contributed by atoms with Gasteiger partial charge in [0.05, 0.1) is 11.1 Å². The van der Waals surface area contributed by atoms with Crippen molar-refractivity contribution in [2.75, 3.05) is 6.54 Å². The molecule has 0 saturated carbocycles. The molecule has 2 rings (SSSR count). The van der Waals surface area contributed by atoms with E-state index in [9.17, 15) is 4.79 Å². The van der Waals surface area contributed by atoms with Gasteiger partial charge >= 0.3 is 6.03 Å². The van der Waals surface area contributed by atoms with Gasteiger partial charge in [-0.2, -0.15) is 0 Å². The van der Waals surface area contributed by atoms with E-state index in [1.165, 1.54) is 17.3 Å². The highest BCUT2D eigenvalue weighted by Gasteiger charge is 2.24. The Bertz CT molecular complexity index is 827. The van der Waals surface area contributed by atoms with E-state index in [1.54, 1.807) is 24.3 Å². The van der Waals surface area contributed by atoms with E-state index >= 15 is 0 Å². The van der Waals surface area contributed by atoms with Gasteiger partial charge in [-0.3, -0.25) is 10.4 Å². The number of ether oxygens (including phenoxy) is 1. The molecule has 0 aromatic carbocycles. The van der Waals surface area contributed by atoms with Gasteiger partial charge in [0.2, 0.25) is 0 Å². The first kappa shape index (κ1) is 21.4. The Morgan fingerprint density at radius 2 is 2.25 bits per heavy atom. The molecule has 0 saturated heterocycles. The number of urea groups is 1. The minimum Gasteiger partial charge on any atom is -0.491 e. The van der Waals surface area contributed by atoms with E-state index in [0.29, 0.717) is 35.7 Å². The Balaban J connectivity index is 2.32. The standard InChI is InChI=1S/C21H25ClN4O2/c1-4-5-12-25-21(27)26(20(23)18-11-13-24-14-19(18)22)16-7-6-8-17(10-9-16)28-15(2)3/h4,7-11,13-15,23H,1,5-6,12H2,2-3H3,(H,25,27). The number of amides is 2. The van der Waals surface area contributed by atoms with Gasteiger partial charge in [0, 0.05) is 30.2 Å². The average Bonchev–Trinajstić information content (AvgIpc) is 2.87. The van der Waals surface area contributed by atoms with Gasteiger partial charge in [0.25, 0.3) is 0 Å². The Labute approximate surface area is 170 Å². The molecule has 7 heteroatoms. The molecule has 148 valence electrons. The molecule has 1 heterocycles. The van der Waals surface area contributed by atoms with E-state index in [-0.39, 0.29) is 11.9 Å². The van der Waals surface area contributed by atoms with Crippen LogP contribution in [-0.4, -0.2) is 34.4 Å². The van der Waals surface area contributed by atoms with Crippen molar-refractivity contribution in [3.8, 4) is 0 Å². The number of amidine groups is 1. The molecule has 0 fully saturated rings. The molecular formula is C21H25ClN4O2. The highest BCUT2D eigenvalue weighted by Crippen LogP contribution is 2.22. The van der Waals surface area contributed by atoms with E-state index in [1.807, 2.05) is 26.0 Å². The quantitative estimate of drug-likeness (QED) is 0.298. The lowest BCUT2D eigenvalue weighted by Gasteiger charge is -2.25. The van der Waals surface area contributed by atoms with Gasteiger partial charge < -0.3 is 10.1 Å². The van der Waals surface area contributed by atoms with Gasteiger partial charge in [-0.05, 0) is 51.0 Å². The van der Waals surface area contributed by atoms with Crippen molar-refractivity contribution in [3.05, 3.63) is 77.5 Å². The molecular weight excluding hydrogens is 376 g/mol. The van der Waals surface area contributed by atoms with Crippen LogP contribution in [0.1, 0.15) is 32.3 Å². The van der Waals surface area contributed by atoms with Gasteiger partial charge in [0.1, 0.15) is 11.6 Å². The van der Waals surface area contributed by atoms with E-state index in [2.05, 4.69) is 16.9 Å². The summed E-state index contributed by atoms with van der Waals surface area (Å²) in [4.78, 5) is 18.1. The topological polar surface area (TPSA) is 78.3 Å². The summed E-state index contributed by atoms with van der Waals surface area (Å²) in [5, 5.41) is 11.7. The highest BCUT2D eigenvalue weighted by molar-refractivity contribution is 6.34. The fourth-order valence-corrected chi connectivity index (χ4v) is 2.73. The van der Waals surface area contributed by atoms with E-state index in [0.717, 1.165) is 5.76 Å². The Morgan fingerprint density at radius 1 is 1.46 bits per heavy atom. The van der Waals surface area contributed by atoms with Crippen LogP contribution in [-0.2, 0) is 4.74 Å². The highest BCUT2D eigenvalue weighted by atomic mass is 35.5. The number of nitrogens with zero attached hydrogens (tertiary/aromatic N) is 2. The number of carbonyl (C=O) groups is 1. The molecule has 1 aromatic rings. The summed E-state index contributed by atoms with van der Waals surface area (Å²) in [6.45, 7) is 7.99. The maximum Gasteiger partial charge on any atom is 0.327 e. The van der Waals surface area contributed by atoms with Gasteiger partial charge in [-0.1, -0.05) is 23.8 Å². The molecule has 2 N–H and O–H groups in total. The predicted octanol–water partition coefficient (Wildman–Crippen LogP) is 4.80. The van der Waals surface area contributed by atoms with E-state index in [4.69, 9.17) is 21.7 Å². The maximum absolute atomic E-state index is 12.9. The van der Waals surface area contributed by atoms with Crippen molar-refractivity contribution in [2.45, 2.75) is 32.8 Å². The van der Waals surface area contributed by atoms with Crippen LogP contribution in [0.4, 0.5) is 4.79 Å². The fraction of sp³-hybridized carbons (Fsp3) is 0.286. The third kappa shape index (κ3) is 5.82. The van der Waals surface area contributed by atoms with Crippen LogP contribution in [0.3, 0.4) is 0 Å². The molecule has 1 aliphatic rings. The first-order valence-electron chi connectivity index (χ1n) is 9.06. The number of halogens is 1. The minimum atomic E-state index is -0.413. The lowest BCUT2D eigenvalue weighted by Crippen LogP contribution is -2.43. The zero-order valence-corrected chi connectivity index (χ0v) is 16.9. The Kier molecular flexibility index (Phi) is 8.02. The largest absolute Gasteiger partial charge is 0.491 e. The van der Waals surface area contributed by atoms with Crippen molar-refractivity contribution < 1.29 is 9.53 Å². The third-order valence-electron chi connectivity index (χ3n) is 3.77. The second-order valence-corrected chi connectivity index (χ2v) is 6.73. The molecule has 0 radical (unpaired) electrons. The van der Waals surface area contributed by atoms with Crippen molar-refractivity contribution in [1.29, 1.82) is 5.41 Å². The molecule has 0 spiro atoms.